The summed E-state index contributed by atoms with van der Waals surface area (Å²) in [5, 5.41) is 0. The van der Waals surface area contributed by atoms with Gasteiger partial charge < -0.3 is 0 Å². The van der Waals surface area contributed by atoms with E-state index >= 15 is 0 Å². The minimum absolute atomic E-state index is 0.563. The molecule has 0 aliphatic heterocycles. The van der Waals surface area contributed by atoms with E-state index in [0.717, 1.165) is 10.2 Å². The number of rotatable bonds is 5. The predicted molar refractivity (Wildman–Crippen MR) is 101 cm³/mol. The summed E-state index contributed by atoms with van der Waals surface area (Å²) in [4.78, 5) is 4.95. The van der Waals surface area contributed by atoms with E-state index in [-0.39, 0.29) is 0 Å². The highest BCUT2D eigenvalue weighted by atomic mass is 79.9. The molecule has 0 spiro atoms. The van der Waals surface area contributed by atoms with E-state index in [1.54, 1.807) is 0 Å². The molecule has 0 amide bonds. The summed E-state index contributed by atoms with van der Waals surface area (Å²) in [5.41, 5.74) is 3.37. The molecule has 1 fully saturated rings. The van der Waals surface area contributed by atoms with Crippen LogP contribution in [0.5, 0.6) is 0 Å². The van der Waals surface area contributed by atoms with Crippen LogP contribution in [-0.4, -0.2) is 5.71 Å². The van der Waals surface area contributed by atoms with Gasteiger partial charge in [0.05, 0.1) is 11.4 Å². The Labute approximate surface area is 142 Å². The van der Waals surface area contributed by atoms with Gasteiger partial charge in [0.25, 0.3) is 0 Å². The van der Waals surface area contributed by atoms with Crippen LogP contribution in [0.15, 0.2) is 70.3 Å². The minimum atomic E-state index is 0.563. The Kier molecular flexibility index (Phi) is 6.85. The van der Waals surface area contributed by atoms with Crippen LogP contribution >= 0.6 is 15.9 Å². The first kappa shape index (κ1) is 17.0. The van der Waals surface area contributed by atoms with Crippen molar-refractivity contribution in [3.05, 3.63) is 70.9 Å². The number of allylic oxidation sites excluding steroid dienone is 4. The summed E-state index contributed by atoms with van der Waals surface area (Å²) < 4.78 is 1.08. The Morgan fingerprint density at radius 1 is 1.14 bits per heavy atom. The van der Waals surface area contributed by atoms with Gasteiger partial charge in [-0.15, -0.1) is 0 Å². The number of nitrogens with zero attached hydrogens (tertiary/aromatic N) is 1. The molecule has 0 aromatic heterocycles. The minimum Gasteiger partial charge on any atom is -0.253 e. The molecule has 1 saturated carbocycles. The van der Waals surface area contributed by atoms with Crippen LogP contribution in [0, 0.1) is 5.92 Å². The summed E-state index contributed by atoms with van der Waals surface area (Å²) >= 11 is 3.45. The predicted octanol–water partition coefficient (Wildman–Crippen LogP) is 6.42. The maximum Gasteiger partial charge on any atom is 0.0627 e. The van der Waals surface area contributed by atoms with Crippen LogP contribution in [0.4, 0.5) is 0 Å². The van der Waals surface area contributed by atoms with E-state index in [4.69, 9.17) is 4.99 Å². The van der Waals surface area contributed by atoms with Crippen LogP contribution in [0.2, 0.25) is 0 Å². The molecule has 0 saturated heterocycles. The molecule has 1 aromatic rings. The van der Waals surface area contributed by atoms with Gasteiger partial charge >= 0.3 is 0 Å². The first-order chi connectivity index (χ1) is 10.7. The molecule has 116 valence electrons. The lowest BCUT2D eigenvalue weighted by Crippen LogP contribution is -2.19. The van der Waals surface area contributed by atoms with Crippen molar-refractivity contribution in [2.75, 3.05) is 0 Å². The normalized spacial score (nSPS) is 18.4. The van der Waals surface area contributed by atoms with Gasteiger partial charge in [0.1, 0.15) is 0 Å². The third-order valence-corrected chi connectivity index (χ3v) is 4.27. The van der Waals surface area contributed by atoms with Crippen molar-refractivity contribution in [2.24, 2.45) is 10.9 Å². The second-order valence-electron chi connectivity index (χ2n) is 5.75. The first-order valence-electron chi connectivity index (χ1n) is 8.01. The van der Waals surface area contributed by atoms with E-state index in [2.05, 4.69) is 52.8 Å². The van der Waals surface area contributed by atoms with Crippen molar-refractivity contribution in [1.29, 1.82) is 0 Å². The summed E-state index contributed by atoms with van der Waals surface area (Å²) in [7, 11) is 0. The molecule has 0 atom stereocenters. The van der Waals surface area contributed by atoms with Gasteiger partial charge in [0.15, 0.2) is 0 Å². The molecule has 22 heavy (non-hydrogen) atoms. The summed E-state index contributed by atoms with van der Waals surface area (Å²) in [5.74, 6) is 0.563. The maximum absolute atomic E-state index is 4.95. The van der Waals surface area contributed by atoms with Crippen LogP contribution < -0.4 is 0 Å². The van der Waals surface area contributed by atoms with Crippen LogP contribution in [0.25, 0.3) is 0 Å². The third-order valence-electron chi connectivity index (χ3n) is 4.00. The Hall–Kier alpha value is -1.41. The van der Waals surface area contributed by atoms with Gasteiger partial charge in [0.2, 0.25) is 0 Å². The topological polar surface area (TPSA) is 12.4 Å². The van der Waals surface area contributed by atoms with E-state index in [1.165, 1.54) is 43.4 Å². The molecule has 0 N–H and O–H groups in total. The molecule has 0 heterocycles. The lowest BCUT2D eigenvalue weighted by Gasteiger charge is -2.24. The zero-order valence-corrected chi connectivity index (χ0v) is 14.8. The molecule has 2 heteroatoms. The SMILES string of the molecule is C=CC(=C\C=C(/C)Br)/N=C(/c1ccccc1)C1CCCCC1. The lowest BCUT2D eigenvalue weighted by molar-refractivity contribution is 0.439. The average molecular weight is 358 g/mol. The highest BCUT2D eigenvalue weighted by Gasteiger charge is 2.20. The molecule has 0 bridgehead atoms. The van der Waals surface area contributed by atoms with Crippen molar-refractivity contribution in [3.8, 4) is 0 Å². The van der Waals surface area contributed by atoms with Crippen molar-refractivity contribution >= 4 is 21.6 Å². The smallest absolute Gasteiger partial charge is 0.0627 e. The largest absolute Gasteiger partial charge is 0.253 e. The van der Waals surface area contributed by atoms with Crippen LogP contribution in [0.3, 0.4) is 0 Å². The van der Waals surface area contributed by atoms with Crippen molar-refractivity contribution in [1.82, 2.24) is 0 Å². The molecule has 1 aliphatic carbocycles. The Morgan fingerprint density at radius 2 is 1.82 bits per heavy atom. The number of halogens is 1. The number of hydrogen-bond acceptors (Lipinski definition) is 1. The van der Waals surface area contributed by atoms with Gasteiger partial charge in [-0.3, -0.25) is 4.99 Å². The molecule has 1 aliphatic rings. The highest BCUT2D eigenvalue weighted by molar-refractivity contribution is 9.11. The van der Waals surface area contributed by atoms with Crippen LogP contribution in [0.1, 0.15) is 44.6 Å². The zero-order valence-electron chi connectivity index (χ0n) is 13.3. The Morgan fingerprint density at radius 3 is 2.41 bits per heavy atom. The molecule has 2 rings (SSSR count). The monoisotopic (exact) mass is 357 g/mol. The fraction of sp³-hybridized carbons (Fsp3) is 0.350. The van der Waals surface area contributed by atoms with Gasteiger partial charge in [0, 0.05) is 5.92 Å². The van der Waals surface area contributed by atoms with Crippen molar-refractivity contribution in [3.63, 3.8) is 0 Å². The molecule has 1 nitrogen and oxygen atoms in total. The summed E-state index contributed by atoms with van der Waals surface area (Å²) in [6.07, 6.45) is 12.3. The summed E-state index contributed by atoms with van der Waals surface area (Å²) in [6.45, 7) is 5.92. The fourth-order valence-electron chi connectivity index (χ4n) is 2.87. The molecular weight excluding hydrogens is 334 g/mol. The highest BCUT2D eigenvalue weighted by Crippen LogP contribution is 2.28. The maximum atomic E-state index is 4.95. The molecule has 1 aromatic carbocycles. The molecule has 0 unspecified atom stereocenters. The van der Waals surface area contributed by atoms with Crippen molar-refractivity contribution in [2.45, 2.75) is 39.0 Å². The number of hydrogen-bond donors (Lipinski definition) is 0. The summed E-state index contributed by atoms with van der Waals surface area (Å²) in [6, 6.07) is 10.6. The number of benzene rings is 1. The van der Waals surface area contributed by atoms with E-state index in [9.17, 15) is 0 Å². The van der Waals surface area contributed by atoms with Gasteiger partial charge in [-0.2, -0.15) is 0 Å². The zero-order chi connectivity index (χ0) is 15.8. The van der Waals surface area contributed by atoms with E-state index < -0.39 is 0 Å². The van der Waals surface area contributed by atoms with Gasteiger partial charge in [-0.05, 0) is 42.0 Å². The fourth-order valence-corrected chi connectivity index (χ4v) is 3.00. The lowest BCUT2D eigenvalue weighted by atomic mass is 9.83. The Balaban J connectivity index is 2.38. The van der Waals surface area contributed by atoms with Gasteiger partial charge in [-0.25, -0.2) is 0 Å². The average Bonchev–Trinajstić information content (AvgIpc) is 2.56. The van der Waals surface area contributed by atoms with Gasteiger partial charge in [-0.1, -0.05) is 78.2 Å². The molecular formula is C20H24BrN. The van der Waals surface area contributed by atoms with E-state index in [1.807, 2.05) is 25.2 Å². The second-order valence-corrected chi connectivity index (χ2v) is 7.00. The second kappa shape index (κ2) is 8.89. The van der Waals surface area contributed by atoms with Crippen molar-refractivity contribution < 1.29 is 0 Å². The third kappa shape index (κ3) is 5.10. The number of aliphatic imine (C=N–C) groups is 1. The standard InChI is InChI=1S/C20H24BrN/c1-3-19(15-14-16(2)21)22-20(17-10-6-4-7-11-17)18-12-8-5-9-13-18/h3-4,6-7,10-11,14-15,18H,1,5,8-9,12-13H2,2H3/b16-14+,19-15+,22-20-. The first-order valence-corrected chi connectivity index (χ1v) is 8.80. The molecule has 0 radical (unpaired) electrons. The van der Waals surface area contributed by atoms with E-state index in [0.29, 0.717) is 5.92 Å². The Bertz CT molecular complexity index is 571. The quantitative estimate of drug-likeness (QED) is 0.425. The van der Waals surface area contributed by atoms with Crippen LogP contribution in [-0.2, 0) is 0 Å².